The summed E-state index contributed by atoms with van der Waals surface area (Å²) in [5.41, 5.74) is 0.848. The minimum Gasteiger partial charge on any atom is -0.478 e. The predicted molar refractivity (Wildman–Crippen MR) is 92.0 cm³/mol. The number of hydrogen-bond donors (Lipinski definition) is 1. The van der Waals surface area contributed by atoms with E-state index < -0.39 is 5.97 Å². The molecule has 1 aliphatic carbocycles. The Labute approximate surface area is 141 Å². The number of hydrogen-bond acceptors (Lipinski definition) is 3. The van der Waals surface area contributed by atoms with Gasteiger partial charge in [0.1, 0.15) is 0 Å². The minimum atomic E-state index is -0.966. The van der Waals surface area contributed by atoms with Crippen LogP contribution in [0.4, 0.5) is 0 Å². The van der Waals surface area contributed by atoms with Gasteiger partial charge in [-0.15, -0.1) is 0 Å². The number of amides is 1. The zero-order valence-corrected chi connectivity index (χ0v) is 14.1. The largest absolute Gasteiger partial charge is 0.478 e. The molecule has 1 amide bonds. The molecule has 1 aliphatic heterocycles. The van der Waals surface area contributed by atoms with E-state index in [9.17, 15) is 14.7 Å². The third-order valence-electron chi connectivity index (χ3n) is 4.96. The van der Waals surface area contributed by atoms with Crippen molar-refractivity contribution in [3.05, 3.63) is 35.4 Å². The molecule has 1 saturated carbocycles. The fourth-order valence-corrected chi connectivity index (χ4v) is 5.28. The maximum absolute atomic E-state index is 12.7. The Hall–Kier alpha value is -1.49. The second-order valence-corrected chi connectivity index (χ2v) is 8.11. The molecule has 1 spiro atoms. The zero-order valence-electron chi connectivity index (χ0n) is 13.3. The lowest BCUT2D eigenvalue weighted by Crippen LogP contribution is -2.50. The Balaban J connectivity index is 1.70. The number of thioether (sulfide) groups is 1. The van der Waals surface area contributed by atoms with Gasteiger partial charge < -0.3 is 10.0 Å². The number of carboxylic acids is 1. The maximum Gasteiger partial charge on any atom is 0.335 e. The van der Waals surface area contributed by atoms with Crippen LogP contribution in [0.3, 0.4) is 0 Å². The Morgan fingerprint density at radius 1 is 1.17 bits per heavy atom. The van der Waals surface area contributed by atoms with Crippen LogP contribution in [0.2, 0.25) is 0 Å². The molecule has 0 aromatic heterocycles. The Bertz CT molecular complexity index is 590. The molecule has 23 heavy (non-hydrogen) atoms. The molecule has 0 atom stereocenters. The molecular weight excluding hydrogens is 310 g/mol. The highest BCUT2D eigenvalue weighted by molar-refractivity contribution is 8.00. The van der Waals surface area contributed by atoms with E-state index in [-0.39, 0.29) is 22.6 Å². The van der Waals surface area contributed by atoms with Crippen molar-refractivity contribution < 1.29 is 14.7 Å². The molecule has 0 radical (unpaired) electrons. The van der Waals surface area contributed by atoms with Crippen LogP contribution in [-0.2, 0) is 11.2 Å². The van der Waals surface area contributed by atoms with Crippen LogP contribution in [0.5, 0.6) is 0 Å². The van der Waals surface area contributed by atoms with Crippen molar-refractivity contribution in [3.63, 3.8) is 0 Å². The topological polar surface area (TPSA) is 57.6 Å². The number of nitrogens with zero attached hydrogens (tertiary/aromatic N) is 1. The molecule has 124 valence electrons. The summed E-state index contributed by atoms with van der Waals surface area (Å²) < 4.78 is 0.248. The molecule has 1 aromatic rings. The third kappa shape index (κ3) is 3.71. The monoisotopic (exact) mass is 333 g/mol. The summed E-state index contributed by atoms with van der Waals surface area (Å²) in [6, 6.07) is 6.81. The average Bonchev–Trinajstić information content (AvgIpc) is 2.56. The number of carbonyl (C=O) groups excluding carboxylic acids is 1. The van der Waals surface area contributed by atoms with Gasteiger partial charge in [0, 0.05) is 23.6 Å². The molecule has 2 fully saturated rings. The van der Waals surface area contributed by atoms with Gasteiger partial charge in [0.15, 0.2) is 0 Å². The van der Waals surface area contributed by atoms with Crippen molar-refractivity contribution >= 4 is 23.6 Å². The highest BCUT2D eigenvalue weighted by atomic mass is 32.2. The molecular formula is C18H23NO3S. The molecule has 5 heteroatoms. The van der Waals surface area contributed by atoms with Gasteiger partial charge in [0.2, 0.25) is 5.91 Å². The summed E-state index contributed by atoms with van der Waals surface area (Å²) in [4.78, 5) is 25.9. The van der Waals surface area contributed by atoms with Gasteiger partial charge in [-0.1, -0.05) is 37.5 Å². The van der Waals surface area contributed by atoms with Crippen LogP contribution in [0.1, 0.15) is 48.0 Å². The van der Waals surface area contributed by atoms with Crippen LogP contribution in [0.15, 0.2) is 24.3 Å². The number of rotatable bonds is 3. The van der Waals surface area contributed by atoms with Crippen molar-refractivity contribution in [1.29, 1.82) is 0 Å². The van der Waals surface area contributed by atoms with Gasteiger partial charge in [-0.2, -0.15) is 11.8 Å². The quantitative estimate of drug-likeness (QED) is 0.923. The van der Waals surface area contributed by atoms with Crippen molar-refractivity contribution in [1.82, 2.24) is 4.90 Å². The number of carboxylic acid groups (broad SMARTS) is 1. The van der Waals surface area contributed by atoms with Crippen LogP contribution in [0, 0.1) is 0 Å². The SMILES string of the molecule is O=C(O)c1ccccc1CC(=O)N1CCSC2(CCCCC2)C1. The molecule has 1 N–H and O–H groups in total. The summed E-state index contributed by atoms with van der Waals surface area (Å²) >= 11 is 2.03. The molecule has 2 aliphatic rings. The summed E-state index contributed by atoms with van der Waals surface area (Å²) in [6.07, 6.45) is 6.42. The van der Waals surface area contributed by atoms with Crippen LogP contribution < -0.4 is 0 Å². The lowest BCUT2D eigenvalue weighted by atomic mass is 9.87. The van der Waals surface area contributed by atoms with Gasteiger partial charge in [-0.25, -0.2) is 4.79 Å². The normalized spacial score (nSPS) is 20.4. The van der Waals surface area contributed by atoms with Gasteiger partial charge in [-0.05, 0) is 24.5 Å². The van der Waals surface area contributed by atoms with E-state index in [1.165, 1.54) is 32.1 Å². The highest BCUT2D eigenvalue weighted by Gasteiger charge is 2.38. The van der Waals surface area contributed by atoms with Crippen molar-refractivity contribution in [2.24, 2.45) is 0 Å². The van der Waals surface area contributed by atoms with Crippen LogP contribution in [0.25, 0.3) is 0 Å². The van der Waals surface area contributed by atoms with E-state index in [1.807, 2.05) is 16.7 Å². The molecule has 1 saturated heterocycles. The molecule has 4 nitrogen and oxygen atoms in total. The van der Waals surface area contributed by atoms with E-state index in [0.717, 1.165) is 18.8 Å². The lowest BCUT2D eigenvalue weighted by Gasteiger charge is -2.44. The number of carbonyl (C=O) groups is 2. The van der Waals surface area contributed by atoms with Gasteiger partial charge >= 0.3 is 5.97 Å². The summed E-state index contributed by atoms with van der Waals surface area (Å²) in [5.74, 6) is 0.0852. The second kappa shape index (κ2) is 6.95. The lowest BCUT2D eigenvalue weighted by molar-refractivity contribution is -0.131. The Morgan fingerprint density at radius 3 is 2.65 bits per heavy atom. The number of benzene rings is 1. The smallest absolute Gasteiger partial charge is 0.335 e. The Kier molecular flexibility index (Phi) is 4.95. The fourth-order valence-electron chi connectivity index (χ4n) is 3.71. The molecule has 1 heterocycles. The van der Waals surface area contributed by atoms with Crippen molar-refractivity contribution in [2.45, 2.75) is 43.3 Å². The first-order valence-corrected chi connectivity index (χ1v) is 9.31. The number of aromatic carboxylic acids is 1. The van der Waals surface area contributed by atoms with Crippen LogP contribution >= 0.6 is 11.8 Å². The molecule has 0 bridgehead atoms. The maximum atomic E-state index is 12.7. The second-order valence-electron chi connectivity index (χ2n) is 6.55. The van der Waals surface area contributed by atoms with Crippen molar-refractivity contribution in [2.75, 3.05) is 18.8 Å². The molecule has 0 unspecified atom stereocenters. The average molecular weight is 333 g/mol. The van der Waals surface area contributed by atoms with E-state index in [0.29, 0.717) is 5.56 Å². The third-order valence-corrected chi connectivity index (χ3v) is 6.49. The standard InChI is InChI=1S/C18H23NO3S/c20-16(12-14-6-2-3-7-15(14)17(21)22)19-10-11-23-18(13-19)8-4-1-5-9-18/h2-3,6-7H,1,4-5,8-13H2,(H,21,22). The molecule has 3 rings (SSSR count). The van der Waals surface area contributed by atoms with Gasteiger partial charge in [-0.3, -0.25) is 4.79 Å². The summed E-state index contributed by atoms with van der Waals surface area (Å²) in [5, 5.41) is 9.26. The van der Waals surface area contributed by atoms with Crippen molar-refractivity contribution in [3.8, 4) is 0 Å². The van der Waals surface area contributed by atoms with Gasteiger partial charge in [0.05, 0.1) is 12.0 Å². The van der Waals surface area contributed by atoms with E-state index in [2.05, 4.69) is 0 Å². The van der Waals surface area contributed by atoms with E-state index >= 15 is 0 Å². The molecule has 1 aromatic carbocycles. The predicted octanol–water partition coefficient (Wildman–Crippen LogP) is 3.21. The first kappa shape index (κ1) is 16.4. The Morgan fingerprint density at radius 2 is 1.91 bits per heavy atom. The highest BCUT2D eigenvalue weighted by Crippen LogP contribution is 2.42. The minimum absolute atomic E-state index is 0.0592. The first-order valence-electron chi connectivity index (χ1n) is 8.33. The van der Waals surface area contributed by atoms with Gasteiger partial charge in [0.25, 0.3) is 0 Å². The fraction of sp³-hybridized carbons (Fsp3) is 0.556. The van der Waals surface area contributed by atoms with E-state index in [1.54, 1.807) is 24.3 Å². The summed E-state index contributed by atoms with van der Waals surface area (Å²) in [7, 11) is 0. The first-order chi connectivity index (χ1) is 11.1. The van der Waals surface area contributed by atoms with Crippen LogP contribution in [-0.4, -0.2) is 45.5 Å². The summed E-state index contributed by atoms with van der Waals surface area (Å²) in [6.45, 7) is 1.60. The van der Waals surface area contributed by atoms with E-state index in [4.69, 9.17) is 0 Å². The zero-order chi connectivity index (χ0) is 16.3.